The molecule has 2 heterocycles. The third-order valence-electron chi connectivity index (χ3n) is 12.6. The molecule has 0 aliphatic rings. The molecule has 0 aliphatic carbocycles. The van der Waals surface area contributed by atoms with Gasteiger partial charge < -0.3 is 4.57 Å². The second-order valence-electron chi connectivity index (χ2n) is 18.0. The SMILES string of the molecule is [C-]#[N+]c1ccc2c(c1)c1cc(C(C)(C)C)ccc1n2-c1c(-c2ccccc2)cc(-c2nc(-c3ccccc3)nc(-c3cc(-c4ccccc4)cc(-c4ccccc4)c3)n2)cc1-c1ccccc1. The highest BCUT2D eigenvalue weighted by molar-refractivity contribution is 6.12. The number of nitrogens with zero attached hydrogens (tertiary/aromatic N) is 5. The van der Waals surface area contributed by atoms with Crippen LogP contribution in [0.5, 0.6) is 0 Å². The quantitative estimate of drug-likeness (QED) is 0.143. The molecule has 0 unspecified atom stereocenters. The van der Waals surface area contributed by atoms with Crippen LogP contribution in [0.1, 0.15) is 26.3 Å². The van der Waals surface area contributed by atoms with Gasteiger partial charge in [0.2, 0.25) is 0 Å². The van der Waals surface area contributed by atoms with E-state index in [1.807, 2.05) is 42.5 Å². The van der Waals surface area contributed by atoms with Crippen LogP contribution in [0.15, 0.2) is 218 Å². The Hall–Kier alpha value is -8.72. The van der Waals surface area contributed by atoms with Crippen LogP contribution < -0.4 is 0 Å². The Bertz CT molecular complexity index is 3520. The lowest BCUT2D eigenvalue weighted by Gasteiger charge is -2.22. The zero-order chi connectivity index (χ0) is 45.5. The van der Waals surface area contributed by atoms with Crippen LogP contribution in [0.4, 0.5) is 5.69 Å². The highest BCUT2D eigenvalue weighted by Gasteiger charge is 2.25. The first-order valence-electron chi connectivity index (χ1n) is 22.6. The maximum absolute atomic E-state index is 7.98. The van der Waals surface area contributed by atoms with Gasteiger partial charge in [-0.2, -0.15) is 0 Å². The monoisotopic (exact) mass is 859 g/mol. The van der Waals surface area contributed by atoms with Crippen LogP contribution >= 0.6 is 0 Å². The highest BCUT2D eigenvalue weighted by atomic mass is 15.0. The fourth-order valence-corrected chi connectivity index (χ4v) is 9.17. The molecule has 0 fully saturated rings. The van der Waals surface area contributed by atoms with E-state index >= 15 is 0 Å². The summed E-state index contributed by atoms with van der Waals surface area (Å²) in [5, 5.41) is 2.15. The van der Waals surface area contributed by atoms with Gasteiger partial charge in [-0.25, -0.2) is 19.8 Å². The molecule has 318 valence electrons. The van der Waals surface area contributed by atoms with E-state index in [2.05, 4.69) is 206 Å². The van der Waals surface area contributed by atoms with Gasteiger partial charge in [-0.05, 0) is 104 Å². The standard InChI is InChI=1S/C62H45N5/c1-62(2,3)50-30-32-56-54(39-50)55-40-51(63-4)31-33-57(55)67(56)58-52(43-24-14-7-15-25-43)37-49(38-53(58)44-26-16-8-17-27-44)61-65-59(45-28-18-9-19-29-45)64-60(66-61)48-35-46(41-20-10-5-11-21-41)34-47(36-48)42-22-12-6-13-23-42/h5-40H,1-3H3. The van der Waals surface area contributed by atoms with Crippen LogP contribution in [-0.2, 0) is 5.41 Å². The molecule has 2 aromatic heterocycles. The Morgan fingerprint density at radius 2 is 0.761 bits per heavy atom. The minimum Gasteiger partial charge on any atom is -0.308 e. The Labute approximate surface area is 391 Å². The number of aromatic nitrogens is 4. The summed E-state index contributed by atoms with van der Waals surface area (Å²) >= 11 is 0. The summed E-state index contributed by atoms with van der Waals surface area (Å²) in [6.45, 7) is 14.7. The van der Waals surface area contributed by atoms with E-state index in [0.29, 0.717) is 23.2 Å². The van der Waals surface area contributed by atoms with Crippen molar-refractivity contribution >= 4 is 27.5 Å². The summed E-state index contributed by atoms with van der Waals surface area (Å²) in [6.07, 6.45) is 0. The van der Waals surface area contributed by atoms with Crippen molar-refractivity contribution in [3.8, 4) is 84.4 Å². The zero-order valence-electron chi connectivity index (χ0n) is 37.5. The molecule has 9 aromatic carbocycles. The van der Waals surface area contributed by atoms with Gasteiger partial charge in [0.1, 0.15) is 0 Å². The summed E-state index contributed by atoms with van der Waals surface area (Å²) in [5.74, 6) is 1.74. The van der Waals surface area contributed by atoms with Gasteiger partial charge in [-0.15, -0.1) is 0 Å². The first kappa shape index (κ1) is 41.0. The molecule has 0 spiro atoms. The van der Waals surface area contributed by atoms with Crippen molar-refractivity contribution in [2.24, 2.45) is 0 Å². The largest absolute Gasteiger partial charge is 0.308 e. The van der Waals surface area contributed by atoms with Gasteiger partial charge in [-0.1, -0.05) is 185 Å². The number of hydrogen-bond donors (Lipinski definition) is 0. The molecule has 0 N–H and O–H groups in total. The molecule has 0 bridgehead atoms. The number of hydrogen-bond acceptors (Lipinski definition) is 3. The van der Waals surface area contributed by atoms with Crippen LogP contribution in [0, 0.1) is 6.57 Å². The molecule has 5 heteroatoms. The summed E-state index contributed by atoms with van der Waals surface area (Å²) < 4.78 is 2.40. The van der Waals surface area contributed by atoms with E-state index in [-0.39, 0.29) is 5.41 Å². The summed E-state index contributed by atoms with van der Waals surface area (Å²) in [4.78, 5) is 19.9. The average molecular weight is 860 g/mol. The van der Waals surface area contributed by atoms with Crippen molar-refractivity contribution in [1.82, 2.24) is 19.5 Å². The van der Waals surface area contributed by atoms with E-state index in [9.17, 15) is 0 Å². The van der Waals surface area contributed by atoms with Gasteiger partial charge >= 0.3 is 0 Å². The van der Waals surface area contributed by atoms with E-state index in [0.717, 1.165) is 88.7 Å². The molecule has 11 aromatic rings. The third-order valence-corrected chi connectivity index (χ3v) is 12.6. The normalized spacial score (nSPS) is 11.5. The minimum absolute atomic E-state index is 0.0694. The maximum Gasteiger partial charge on any atom is 0.188 e. The second kappa shape index (κ2) is 17.0. The molecule has 67 heavy (non-hydrogen) atoms. The maximum atomic E-state index is 7.98. The second-order valence-corrected chi connectivity index (χ2v) is 18.0. The molecular weight excluding hydrogens is 815 g/mol. The lowest BCUT2D eigenvalue weighted by Crippen LogP contribution is -2.10. The number of fused-ring (bicyclic) bond motifs is 3. The van der Waals surface area contributed by atoms with Crippen molar-refractivity contribution < 1.29 is 0 Å². The molecule has 0 radical (unpaired) electrons. The van der Waals surface area contributed by atoms with Crippen LogP contribution in [0.25, 0.3) is 111 Å². The third kappa shape index (κ3) is 7.85. The van der Waals surface area contributed by atoms with Crippen molar-refractivity contribution in [3.63, 3.8) is 0 Å². The summed E-state index contributed by atoms with van der Waals surface area (Å²) in [6, 6.07) is 76.3. The zero-order valence-corrected chi connectivity index (χ0v) is 37.5. The fourth-order valence-electron chi connectivity index (χ4n) is 9.17. The molecule has 11 rings (SSSR count). The number of benzene rings is 9. The molecule has 0 atom stereocenters. The van der Waals surface area contributed by atoms with Gasteiger partial charge in [0.15, 0.2) is 23.2 Å². The molecule has 0 amide bonds. The van der Waals surface area contributed by atoms with Gasteiger partial charge in [0.25, 0.3) is 0 Å². The fraction of sp³-hybridized carbons (Fsp3) is 0.0645. The van der Waals surface area contributed by atoms with E-state index in [1.165, 1.54) is 5.56 Å². The molecule has 0 aliphatic heterocycles. The predicted octanol–water partition coefficient (Wildman–Crippen LogP) is 16.5. The smallest absolute Gasteiger partial charge is 0.188 e. The van der Waals surface area contributed by atoms with E-state index in [1.54, 1.807) is 0 Å². The van der Waals surface area contributed by atoms with Gasteiger partial charge in [0, 0.05) is 33.2 Å². The van der Waals surface area contributed by atoms with Gasteiger partial charge in [-0.3, -0.25) is 0 Å². The Morgan fingerprint density at radius 1 is 0.373 bits per heavy atom. The summed E-state index contributed by atoms with van der Waals surface area (Å²) in [5.41, 5.74) is 16.1. The lowest BCUT2D eigenvalue weighted by atomic mass is 9.86. The molecule has 0 saturated carbocycles. The van der Waals surface area contributed by atoms with Crippen molar-refractivity contribution in [3.05, 3.63) is 235 Å². The Balaban J connectivity index is 1.22. The number of rotatable bonds is 8. The molecular formula is C62H45N5. The topological polar surface area (TPSA) is 48.0 Å². The first-order valence-corrected chi connectivity index (χ1v) is 22.6. The average Bonchev–Trinajstić information content (AvgIpc) is 3.71. The first-order chi connectivity index (χ1) is 32.8. The predicted molar refractivity (Wildman–Crippen MR) is 277 cm³/mol. The van der Waals surface area contributed by atoms with E-state index < -0.39 is 0 Å². The van der Waals surface area contributed by atoms with Crippen LogP contribution in [0.2, 0.25) is 0 Å². The van der Waals surface area contributed by atoms with Crippen molar-refractivity contribution in [2.45, 2.75) is 26.2 Å². The highest BCUT2D eigenvalue weighted by Crippen LogP contribution is 2.45. The van der Waals surface area contributed by atoms with Crippen LogP contribution in [-0.4, -0.2) is 19.5 Å². The lowest BCUT2D eigenvalue weighted by molar-refractivity contribution is 0.591. The van der Waals surface area contributed by atoms with Crippen LogP contribution in [0.3, 0.4) is 0 Å². The molecule has 0 saturated heterocycles. The van der Waals surface area contributed by atoms with Gasteiger partial charge in [0.05, 0.1) is 23.3 Å². The minimum atomic E-state index is -0.0694. The Morgan fingerprint density at radius 3 is 1.22 bits per heavy atom. The summed E-state index contributed by atoms with van der Waals surface area (Å²) in [7, 11) is 0. The van der Waals surface area contributed by atoms with E-state index in [4.69, 9.17) is 21.5 Å². The molecule has 5 nitrogen and oxygen atoms in total. The van der Waals surface area contributed by atoms with Crippen molar-refractivity contribution in [2.75, 3.05) is 0 Å². The Kier molecular flexibility index (Phi) is 10.4. The van der Waals surface area contributed by atoms with Crippen molar-refractivity contribution in [1.29, 1.82) is 0 Å².